The smallest absolute Gasteiger partial charge is 0.340 e. The zero-order chi connectivity index (χ0) is 18.6. The summed E-state index contributed by atoms with van der Waals surface area (Å²) in [7, 11) is 1.28. The highest BCUT2D eigenvalue weighted by molar-refractivity contribution is 9.10. The van der Waals surface area contributed by atoms with Crippen LogP contribution in [-0.2, 0) is 9.53 Å². The summed E-state index contributed by atoms with van der Waals surface area (Å²) in [6.45, 7) is 3.47. The van der Waals surface area contributed by atoms with Crippen LogP contribution in [0.1, 0.15) is 22.8 Å². The van der Waals surface area contributed by atoms with E-state index in [1.165, 1.54) is 7.11 Å². The number of amides is 1. The number of methoxy groups -OCH3 is 1. The lowest BCUT2D eigenvalue weighted by Gasteiger charge is -2.17. The molecule has 25 heavy (non-hydrogen) atoms. The van der Waals surface area contributed by atoms with E-state index in [9.17, 15) is 9.59 Å². The summed E-state index contributed by atoms with van der Waals surface area (Å²) in [5, 5.41) is 3.29. The predicted octanol–water partition coefficient (Wildman–Crippen LogP) is 4.60. The average molecular weight is 427 g/mol. The highest BCUT2D eigenvalue weighted by Crippen LogP contribution is 2.24. The number of aryl methyl sites for hydroxylation is 1. The number of ether oxygens (including phenoxy) is 2. The predicted molar refractivity (Wildman–Crippen MR) is 100 cm³/mol. The van der Waals surface area contributed by atoms with Gasteiger partial charge in [0, 0.05) is 9.50 Å². The first-order valence-corrected chi connectivity index (χ1v) is 8.60. The van der Waals surface area contributed by atoms with E-state index in [1.54, 1.807) is 43.3 Å². The number of carbonyl (C=O) groups excluding carboxylic acids is 2. The lowest BCUT2D eigenvalue weighted by atomic mass is 10.1. The van der Waals surface area contributed by atoms with Crippen molar-refractivity contribution in [3.63, 3.8) is 0 Å². The molecule has 1 atom stereocenters. The normalized spacial score (nSPS) is 11.6. The molecule has 7 heteroatoms. The van der Waals surface area contributed by atoms with Gasteiger partial charge in [0.05, 0.1) is 18.4 Å². The van der Waals surface area contributed by atoms with Crippen LogP contribution in [0.5, 0.6) is 5.75 Å². The second-order valence-electron chi connectivity index (χ2n) is 5.34. The van der Waals surface area contributed by atoms with Crippen LogP contribution >= 0.6 is 27.5 Å². The third-order valence-corrected chi connectivity index (χ3v) is 4.18. The molecular weight excluding hydrogens is 410 g/mol. The maximum atomic E-state index is 12.4. The zero-order valence-electron chi connectivity index (χ0n) is 13.9. The van der Waals surface area contributed by atoms with Gasteiger partial charge in [0.2, 0.25) is 0 Å². The molecule has 0 fully saturated rings. The summed E-state index contributed by atoms with van der Waals surface area (Å²) >= 11 is 9.21. The molecule has 1 unspecified atom stereocenters. The minimum absolute atomic E-state index is 0.250. The Morgan fingerprint density at radius 1 is 1.20 bits per heavy atom. The summed E-state index contributed by atoms with van der Waals surface area (Å²) in [4.78, 5) is 24.3. The fourth-order valence-electron chi connectivity index (χ4n) is 2.13. The Hall–Kier alpha value is -2.05. The summed E-state index contributed by atoms with van der Waals surface area (Å²) in [5.74, 6) is -0.364. The van der Waals surface area contributed by atoms with Crippen LogP contribution in [0.2, 0.25) is 5.02 Å². The summed E-state index contributed by atoms with van der Waals surface area (Å²) < 4.78 is 11.1. The summed E-state index contributed by atoms with van der Waals surface area (Å²) in [6, 6.07) is 10.1. The van der Waals surface area contributed by atoms with Gasteiger partial charge in [-0.1, -0.05) is 27.5 Å². The number of benzene rings is 2. The van der Waals surface area contributed by atoms with Crippen molar-refractivity contribution in [1.29, 1.82) is 0 Å². The molecule has 132 valence electrons. The van der Waals surface area contributed by atoms with Crippen LogP contribution in [0, 0.1) is 6.92 Å². The van der Waals surface area contributed by atoms with Gasteiger partial charge in [-0.15, -0.1) is 0 Å². The van der Waals surface area contributed by atoms with E-state index < -0.39 is 12.1 Å². The van der Waals surface area contributed by atoms with Gasteiger partial charge in [0.25, 0.3) is 5.91 Å². The average Bonchev–Trinajstić information content (AvgIpc) is 2.58. The lowest BCUT2D eigenvalue weighted by Crippen LogP contribution is -2.31. The molecule has 2 aromatic rings. The lowest BCUT2D eigenvalue weighted by molar-refractivity contribution is -0.122. The molecule has 5 nitrogen and oxygen atoms in total. The van der Waals surface area contributed by atoms with Gasteiger partial charge in [0.1, 0.15) is 5.75 Å². The molecule has 0 aliphatic heterocycles. The maximum absolute atomic E-state index is 12.4. The fraction of sp³-hybridized carbons (Fsp3) is 0.222. The standard InChI is InChI=1S/C18H17BrClNO4/c1-10-8-13(20)5-7-16(10)25-11(2)17(22)21-15-6-4-12(19)9-14(15)18(23)24-3/h4-9,11H,1-3H3,(H,21,22). The maximum Gasteiger partial charge on any atom is 0.340 e. The van der Waals surface area contributed by atoms with Crippen molar-refractivity contribution in [2.24, 2.45) is 0 Å². The SMILES string of the molecule is COC(=O)c1cc(Br)ccc1NC(=O)C(C)Oc1ccc(Cl)cc1C. The Kier molecular flexibility index (Phi) is 6.45. The van der Waals surface area contributed by atoms with Gasteiger partial charge in [0.15, 0.2) is 6.10 Å². The molecule has 0 radical (unpaired) electrons. The number of anilines is 1. The van der Waals surface area contributed by atoms with Gasteiger partial charge in [-0.25, -0.2) is 4.79 Å². The van der Waals surface area contributed by atoms with E-state index in [0.29, 0.717) is 20.9 Å². The van der Waals surface area contributed by atoms with E-state index in [4.69, 9.17) is 21.1 Å². The van der Waals surface area contributed by atoms with Gasteiger partial charge in [-0.05, 0) is 55.8 Å². The molecule has 1 amide bonds. The van der Waals surface area contributed by atoms with Crippen LogP contribution < -0.4 is 10.1 Å². The zero-order valence-corrected chi connectivity index (χ0v) is 16.3. The van der Waals surface area contributed by atoms with Crippen molar-refractivity contribution < 1.29 is 19.1 Å². The van der Waals surface area contributed by atoms with Crippen LogP contribution in [0.4, 0.5) is 5.69 Å². The van der Waals surface area contributed by atoms with Gasteiger partial charge in [-0.2, -0.15) is 0 Å². The number of nitrogens with one attached hydrogen (secondary N) is 1. The minimum atomic E-state index is -0.769. The Morgan fingerprint density at radius 2 is 1.92 bits per heavy atom. The van der Waals surface area contributed by atoms with Gasteiger partial charge in [-0.3, -0.25) is 4.79 Å². The van der Waals surface area contributed by atoms with Gasteiger partial charge < -0.3 is 14.8 Å². The molecule has 0 saturated heterocycles. The van der Waals surface area contributed by atoms with E-state index in [-0.39, 0.29) is 11.5 Å². The van der Waals surface area contributed by atoms with Crippen molar-refractivity contribution >= 4 is 45.1 Å². The van der Waals surface area contributed by atoms with Crippen molar-refractivity contribution in [3.8, 4) is 5.75 Å². The first-order valence-electron chi connectivity index (χ1n) is 7.43. The van der Waals surface area contributed by atoms with Crippen LogP contribution in [0.3, 0.4) is 0 Å². The number of hydrogen-bond donors (Lipinski definition) is 1. The molecule has 0 bridgehead atoms. The van der Waals surface area contributed by atoms with Crippen molar-refractivity contribution in [3.05, 3.63) is 57.0 Å². The van der Waals surface area contributed by atoms with E-state index in [0.717, 1.165) is 5.56 Å². The third kappa shape index (κ3) is 4.96. The second kappa shape index (κ2) is 8.36. The first-order chi connectivity index (χ1) is 11.8. The molecule has 0 aromatic heterocycles. The Balaban J connectivity index is 2.15. The number of hydrogen-bond acceptors (Lipinski definition) is 4. The number of esters is 1. The molecule has 0 saturated carbocycles. The first kappa shape index (κ1) is 19.3. The number of halogens is 2. The number of carbonyl (C=O) groups is 2. The van der Waals surface area contributed by atoms with Crippen molar-refractivity contribution in [2.45, 2.75) is 20.0 Å². The second-order valence-corrected chi connectivity index (χ2v) is 6.69. The van der Waals surface area contributed by atoms with Gasteiger partial charge >= 0.3 is 5.97 Å². The highest BCUT2D eigenvalue weighted by atomic mass is 79.9. The molecule has 2 aromatic carbocycles. The Morgan fingerprint density at radius 3 is 2.56 bits per heavy atom. The minimum Gasteiger partial charge on any atom is -0.481 e. The topological polar surface area (TPSA) is 64.6 Å². The van der Waals surface area contributed by atoms with Crippen LogP contribution in [0.25, 0.3) is 0 Å². The molecule has 0 aliphatic carbocycles. The van der Waals surface area contributed by atoms with E-state index in [1.807, 2.05) is 6.92 Å². The van der Waals surface area contributed by atoms with Crippen LogP contribution in [0.15, 0.2) is 40.9 Å². The van der Waals surface area contributed by atoms with E-state index in [2.05, 4.69) is 21.2 Å². The highest BCUT2D eigenvalue weighted by Gasteiger charge is 2.20. The summed E-state index contributed by atoms with van der Waals surface area (Å²) in [6.07, 6.45) is -0.769. The quantitative estimate of drug-likeness (QED) is 0.710. The van der Waals surface area contributed by atoms with Crippen LogP contribution in [-0.4, -0.2) is 25.1 Å². The van der Waals surface area contributed by atoms with Crippen molar-refractivity contribution in [1.82, 2.24) is 0 Å². The molecule has 2 rings (SSSR count). The fourth-order valence-corrected chi connectivity index (χ4v) is 2.72. The Bertz CT molecular complexity index is 810. The summed E-state index contributed by atoms with van der Waals surface area (Å²) in [5.41, 5.74) is 1.43. The number of rotatable bonds is 5. The molecule has 1 N–H and O–H groups in total. The third-order valence-electron chi connectivity index (χ3n) is 3.45. The molecule has 0 spiro atoms. The molecule has 0 heterocycles. The molecule has 0 aliphatic rings. The Labute approximate surface area is 159 Å². The largest absolute Gasteiger partial charge is 0.481 e. The van der Waals surface area contributed by atoms with Crippen molar-refractivity contribution in [2.75, 3.05) is 12.4 Å². The monoisotopic (exact) mass is 425 g/mol. The molecular formula is C18H17BrClNO4. The van der Waals surface area contributed by atoms with E-state index >= 15 is 0 Å².